The highest BCUT2D eigenvalue weighted by atomic mass is 17.2. The monoisotopic (exact) mass is 1220 g/mol. The molecule has 0 radical (unpaired) electrons. The summed E-state index contributed by atoms with van der Waals surface area (Å²) in [6.45, 7) is 0.104. The smallest absolute Gasteiger partial charge is 0.343 e. The molecule has 17 heteroatoms. The molecule has 3 aliphatic carbocycles. The van der Waals surface area contributed by atoms with E-state index in [9.17, 15) is 19.2 Å². The topological polar surface area (TPSA) is 188 Å². The van der Waals surface area contributed by atoms with Crippen LogP contribution in [0, 0.1) is 0 Å². The van der Waals surface area contributed by atoms with Crippen molar-refractivity contribution in [3.63, 3.8) is 0 Å². The van der Waals surface area contributed by atoms with Crippen LogP contribution < -0.4 is 61.9 Å². The summed E-state index contributed by atoms with van der Waals surface area (Å²) in [4.78, 5) is 68.8. The van der Waals surface area contributed by atoms with Crippen LogP contribution in [0.4, 0.5) is 0 Å². The minimum atomic E-state index is -0.713. The fourth-order valence-corrected chi connectivity index (χ4v) is 11.6. The molecule has 0 unspecified atom stereocenters. The normalized spacial score (nSPS) is 11.7. The fourth-order valence-electron chi connectivity index (χ4n) is 11.6. The number of rotatable bonds is 20. The van der Waals surface area contributed by atoms with E-state index in [0.717, 1.165) is 66.8 Å². The van der Waals surface area contributed by atoms with E-state index in [0.29, 0.717) is 76.4 Å². The molecule has 0 aliphatic heterocycles. The lowest BCUT2D eigenvalue weighted by Gasteiger charge is -2.18. The molecule has 0 saturated carbocycles. The Kier molecular flexibility index (Phi) is 15.9. The lowest BCUT2D eigenvalue weighted by molar-refractivity contribution is -0.101. The Bertz CT molecular complexity index is 4400. The molecule has 0 saturated heterocycles. The first-order valence-electron chi connectivity index (χ1n) is 28.8. The fraction of sp³-hybridized carbons (Fsp3) is 0.135. The largest absolute Gasteiger partial charge is 0.497 e. The van der Waals surface area contributed by atoms with E-state index in [-0.39, 0.29) is 52.0 Å². The van der Waals surface area contributed by atoms with Crippen molar-refractivity contribution in [3.8, 4) is 108 Å². The number of hydrogen-bond acceptors (Lipinski definition) is 17. The van der Waals surface area contributed by atoms with Crippen LogP contribution in [0.2, 0.25) is 0 Å². The van der Waals surface area contributed by atoms with Crippen LogP contribution in [0.1, 0.15) is 80.4 Å². The van der Waals surface area contributed by atoms with Crippen LogP contribution >= 0.6 is 0 Å². The summed E-state index contributed by atoms with van der Waals surface area (Å²) >= 11 is 0. The third kappa shape index (κ3) is 11.6. The minimum Gasteiger partial charge on any atom is -0.497 e. The molecule has 17 nitrogen and oxygen atoms in total. The molecule has 10 aromatic rings. The SMILES string of the molecule is COc1ccc(COc2cc3c(cc2OC(=O)c2ccc(OC)cc2)Cc2c-3c3c(c4c2-c2cc(OOc5ccc(OC)cc5)c(OC(=O)c5ccc(OC)cc5)cc2C4)-c2cc(OC(=O)c4ccc(OC)cc4)c(OC(=O)c4ccc(OC)cc4)cc2C3)cc1. The van der Waals surface area contributed by atoms with Crippen molar-refractivity contribution in [3.05, 3.63) is 243 Å². The summed E-state index contributed by atoms with van der Waals surface area (Å²) < 4.78 is 64.0. The van der Waals surface area contributed by atoms with Gasteiger partial charge in [-0.25, -0.2) is 19.2 Å². The van der Waals surface area contributed by atoms with Gasteiger partial charge in [-0.15, -0.1) is 0 Å². The molecule has 0 spiro atoms. The zero-order valence-electron chi connectivity index (χ0n) is 50.1. The zero-order chi connectivity index (χ0) is 62.9. The maximum absolute atomic E-state index is 14.3. The molecular weight excluding hydrogens is 1160 g/mol. The maximum atomic E-state index is 14.3. The lowest BCUT2D eigenvalue weighted by Crippen LogP contribution is -2.13. The number of benzene rings is 10. The van der Waals surface area contributed by atoms with Crippen LogP contribution in [0.5, 0.6) is 74.7 Å². The maximum Gasteiger partial charge on any atom is 0.343 e. The van der Waals surface area contributed by atoms with Gasteiger partial charge in [0.15, 0.2) is 34.5 Å². The third-order valence-corrected chi connectivity index (χ3v) is 16.2. The second-order valence-electron chi connectivity index (χ2n) is 21.4. The second-order valence-corrected chi connectivity index (χ2v) is 21.4. The van der Waals surface area contributed by atoms with Gasteiger partial charge >= 0.3 is 23.9 Å². The van der Waals surface area contributed by atoms with E-state index in [1.807, 2.05) is 42.5 Å². The van der Waals surface area contributed by atoms with Crippen molar-refractivity contribution in [2.24, 2.45) is 0 Å². The van der Waals surface area contributed by atoms with Gasteiger partial charge in [0.1, 0.15) is 41.1 Å². The second kappa shape index (κ2) is 24.8. The summed E-state index contributed by atoms with van der Waals surface area (Å²) in [7, 11) is 9.31. The molecule has 3 aliphatic rings. The van der Waals surface area contributed by atoms with E-state index in [1.165, 1.54) is 21.3 Å². The molecule has 0 heterocycles. The molecule has 0 N–H and O–H groups in total. The van der Waals surface area contributed by atoms with Gasteiger partial charge in [-0.3, -0.25) is 9.78 Å². The van der Waals surface area contributed by atoms with E-state index in [4.69, 9.17) is 61.9 Å². The van der Waals surface area contributed by atoms with E-state index in [2.05, 4.69) is 0 Å². The minimum absolute atomic E-state index is 0.00529. The highest BCUT2D eigenvalue weighted by Gasteiger charge is 2.40. The van der Waals surface area contributed by atoms with E-state index < -0.39 is 23.9 Å². The van der Waals surface area contributed by atoms with Gasteiger partial charge in [-0.2, -0.15) is 0 Å². The van der Waals surface area contributed by atoms with Crippen molar-refractivity contribution in [1.82, 2.24) is 0 Å². The Hall–Kier alpha value is -11.7. The number of carbonyl (C=O) groups is 4. The summed E-state index contributed by atoms with van der Waals surface area (Å²) in [5, 5.41) is 0. The van der Waals surface area contributed by atoms with Crippen LogP contribution in [0.3, 0.4) is 0 Å². The van der Waals surface area contributed by atoms with Gasteiger partial charge in [0, 0.05) is 0 Å². The van der Waals surface area contributed by atoms with Crippen molar-refractivity contribution in [2.75, 3.05) is 42.7 Å². The van der Waals surface area contributed by atoms with Crippen molar-refractivity contribution >= 4 is 23.9 Å². The predicted molar refractivity (Wildman–Crippen MR) is 335 cm³/mol. The van der Waals surface area contributed by atoms with Crippen LogP contribution in [-0.2, 0) is 25.9 Å². The summed E-state index contributed by atoms with van der Waals surface area (Å²) in [6.07, 6.45) is 1.03. The molecule has 0 atom stereocenters. The third-order valence-electron chi connectivity index (χ3n) is 16.2. The molecular formula is C74H56O17. The van der Waals surface area contributed by atoms with Crippen molar-refractivity contribution in [1.29, 1.82) is 0 Å². The predicted octanol–water partition coefficient (Wildman–Crippen LogP) is 14.3. The number of hydrogen-bond donors (Lipinski definition) is 0. The molecule has 0 amide bonds. The van der Waals surface area contributed by atoms with Crippen LogP contribution in [-0.4, -0.2) is 66.5 Å². The average Bonchev–Trinajstić information content (AvgIpc) is 1.54. The molecule has 0 aromatic heterocycles. The Balaban J connectivity index is 0.987. The highest BCUT2D eigenvalue weighted by Crippen LogP contribution is 2.59. The Labute approximate surface area is 522 Å². The van der Waals surface area contributed by atoms with E-state index in [1.54, 1.807) is 161 Å². The van der Waals surface area contributed by atoms with Gasteiger partial charge in [-0.05, 0) is 261 Å². The van der Waals surface area contributed by atoms with Gasteiger partial charge in [0.25, 0.3) is 0 Å². The standard InChI is InChI=1S/C74H56O17/c1-79-49-17-7-41(8-18-49)40-85-62-37-56-46(34-63(62)86-71(75)42-9-19-50(80-2)20-10-42)31-60-68(56)59-32-47-35-64(87-72(76)43-11-21-51(81-3)22-12-43)66(89-74(78)45-15-25-53(83-5)26-16-45)38-57(47)69(59)61-33-48-36-65(88-73(77)44-13-23-52(82-4)24-14-44)67(39-58(48)70(60)61)91-90-55-29-27-54(84-6)28-30-55/h7-30,34-39H,31-33,40H2,1-6H3. The highest BCUT2D eigenvalue weighted by molar-refractivity contribution is 6.03. The first-order valence-corrected chi connectivity index (χ1v) is 28.8. The lowest BCUT2D eigenvalue weighted by atomic mass is 9.86. The first kappa shape index (κ1) is 58.3. The van der Waals surface area contributed by atoms with Gasteiger partial charge in [0.05, 0.1) is 64.9 Å². The number of fused-ring (bicyclic) bond motifs is 12. The Morgan fingerprint density at radius 3 is 0.901 bits per heavy atom. The van der Waals surface area contributed by atoms with Gasteiger partial charge in [0.2, 0.25) is 5.75 Å². The zero-order valence-corrected chi connectivity index (χ0v) is 50.1. The average molecular weight is 1220 g/mol. The Morgan fingerprint density at radius 1 is 0.297 bits per heavy atom. The van der Waals surface area contributed by atoms with Crippen LogP contribution in [0.25, 0.3) is 33.4 Å². The van der Waals surface area contributed by atoms with Crippen LogP contribution in [0.15, 0.2) is 182 Å². The number of carbonyl (C=O) groups excluding carboxylic acids is 4. The quantitative estimate of drug-likeness (QED) is 0.0303. The molecule has 454 valence electrons. The molecule has 13 rings (SSSR count). The van der Waals surface area contributed by atoms with E-state index >= 15 is 0 Å². The van der Waals surface area contributed by atoms with Crippen molar-refractivity contribution < 1.29 is 81.1 Å². The van der Waals surface area contributed by atoms with Gasteiger partial charge in [-0.1, -0.05) is 12.1 Å². The van der Waals surface area contributed by atoms with Gasteiger partial charge < -0.3 is 52.1 Å². The summed E-state index contributed by atoms with van der Waals surface area (Å²) in [6, 6.07) is 51.2. The Morgan fingerprint density at radius 2 is 0.560 bits per heavy atom. The molecule has 0 bridgehead atoms. The summed E-state index contributed by atoms with van der Waals surface area (Å²) in [5.41, 5.74) is 11.9. The van der Waals surface area contributed by atoms with Crippen molar-refractivity contribution in [2.45, 2.75) is 25.9 Å². The number of esters is 4. The number of methoxy groups -OCH3 is 6. The molecule has 0 fully saturated rings. The summed E-state index contributed by atoms with van der Waals surface area (Å²) in [5.74, 6) is 1.80. The first-order chi connectivity index (χ1) is 44.4. The number of ether oxygens (including phenoxy) is 11. The molecule has 91 heavy (non-hydrogen) atoms. The molecule has 10 aromatic carbocycles.